The maximum absolute atomic E-state index is 12.9. The van der Waals surface area contributed by atoms with Crippen molar-refractivity contribution < 1.29 is 43.3 Å². The molecular formula is C38H74NO8P. The number of carbonyl (C=O) groups excluding carboxylic acids is 1. The summed E-state index contributed by atoms with van der Waals surface area (Å²) in [6.45, 7) is 3.52. The van der Waals surface area contributed by atoms with E-state index in [4.69, 9.17) is 9.26 Å². The second kappa shape index (κ2) is 30.7. The summed E-state index contributed by atoms with van der Waals surface area (Å²) in [5.41, 5.74) is 0. The molecule has 0 amide bonds. The third kappa shape index (κ3) is 27.7. The molecule has 0 aromatic heterocycles. The molecule has 0 aliphatic carbocycles. The standard InChI is InChI=1S/C38H74NO8P/c1-5-7-8-9-10-11-12-13-14-15-16-17-18-19-20-21-22-23-24-25-26-27-28-30-38(43)46-33-35(40)34-47-48(44,45)36(29-6-2)39(3,4)32-31-37(41)42/h12-13,24-25,35-37,40-42H,5-11,14-23,26-34H2,1-4H3/b13-12-,25-24-/t35-,36?/m1/s1. The van der Waals surface area contributed by atoms with Gasteiger partial charge in [0.15, 0.2) is 19.7 Å². The highest BCUT2D eigenvalue weighted by molar-refractivity contribution is 7.51. The van der Waals surface area contributed by atoms with Crippen LogP contribution in [-0.4, -0.2) is 77.8 Å². The summed E-state index contributed by atoms with van der Waals surface area (Å²) in [6.07, 6.45) is 31.1. The number of carbonyl (C=O) groups is 1. The zero-order valence-electron chi connectivity index (χ0n) is 31.2. The lowest BCUT2D eigenvalue weighted by atomic mass is 10.1. The Morgan fingerprint density at radius 3 is 1.60 bits per heavy atom. The number of allylic oxidation sites excluding steroid dienone is 4. The van der Waals surface area contributed by atoms with Crippen LogP contribution in [0.25, 0.3) is 0 Å². The van der Waals surface area contributed by atoms with E-state index in [0.29, 0.717) is 19.3 Å². The van der Waals surface area contributed by atoms with Gasteiger partial charge in [-0.2, -0.15) is 0 Å². The Bertz CT molecular complexity index is 864. The van der Waals surface area contributed by atoms with E-state index in [1.165, 1.54) is 96.3 Å². The molecule has 0 aliphatic rings. The maximum Gasteiger partial charge on any atom is 0.305 e. The van der Waals surface area contributed by atoms with Crippen molar-refractivity contribution in [3.05, 3.63) is 24.3 Å². The largest absolute Gasteiger partial charge is 0.774 e. The van der Waals surface area contributed by atoms with Gasteiger partial charge in [0.25, 0.3) is 0 Å². The molecule has 0 saturated carbocycles. The average molecular weight is 704 g/mol. The number of hydrogen-bond donors (Lipinski definition) is 3. The molecule has 0 heterocycles. The van der Waals surface area contributed by atoms with Gasteiger partial charge in [-0.25, -0.2) is 0 Å². The molecule has 3 atom stereocenters. The molecule has 0 rings (SSSR count). The van der Waals surface area contributed by atoms with Crippen LogP contribution in [0.1, 0.15) is 162 Å². The molecule has 48 heavy (non-hydrogen) atoms. The number of nitrogens with zero attached hydrogens (tertiary/aromatic N) is 1. The van der Waals surface area contributed by atoms with Crippen LogP contribution in [0.3, 0.4) is 0 Å². The van der Waals surface area contributed by atoms with Gasteiger partial charge in [0.2, 0.25) is 0 Å². The number of quaternary nitrogens is 1. The predicted molar refractivity (Wildman–Crippen MR) is 195 cm³/mol. The topological polar surface area (TPSA) is 136 Å². The lowest BCUT2D eigenvalue weighted by molar-refractivity contribution is -0.905. The monoisotopic (exact) mass is 704 g/mol. The molecule has 10 heteroatoms. The lowest BCUT2D eigenvalue weighted by Gasteiger charge is -2.44. The third-order valence-electron chi connectivity index (χ3n) is 8.87. The molecule has 2 unspecified atom stereocenters. The molecule has 0 saturated heterocycles. The fraction of sp³-hybridized carbons (Fsp3) is 0.868. The molecule has 0 radical (unpaired) electrons. The van der Waals surface area contributed by atoms with Gasteiger partial charge in [0, 0.05) is 19.3 Å². The van der Waals surface area contributed by atoms with Crippen LogP contribution >= 0.6 is 7.60 Å². The van der Waals surface area contributed by atoms with E-state index in [0.717, 1.165) is 19.3 Å². The summed E-state index contributed by atoms with van der Waals surface area (Å²) in [7, 11) is -1.00. The first-order chi connectivity index (χ1) is 23.0. The molecule has 0 aliphatic heterocycles. The van der Waals surface area contributed by atoms with Gasteiger partial charge in [0.1, 0.15) is 12.7 Å². The van der Waals surface area contributed by atoms with Gasteiger partial charge >= 0.3 is 5.97 Å². The highest BCUT2D eigenvalue weighted by Gasteiger charge is 2.38. The van der Waals surface area contributed by atoms with Crippen molar-refractivity contribution in [2.45, 2.75) is 180 Å². The fourth-order valence-electron chi connectivity index (χ4n) is 5.78. The molecule has 0 fully saturated rings. The zero-order valence-corrected chi connectivity index (χ0v) is 32.1. The summed E-state index contributed by atoms with van der Waals surface area (Å²) in [4.78, 5) is 25.0. The highest BCUT2D eigenvalue weighted by atomic mass is 31.2. The first-order valence-electron chi connectivity index (χ1n) is 19.2. The van der Waals surface area contributed by atoms with E-state index >= 15 is 0 Å². The summed E-state index contributed by atoms with van der Waals surface area (Å²) in [5, 5.41) is 28.6. The Morgan fingerprint density at radius 2 is 1.15 bits per heavy atom. The van der Waals surface area contributed by atoms with Crippen molar-refractivity contribution >= 4 is 13.6 Å². The number of hydrogen-bond acceptors (Lipinski definition) is 8. The number of unbranched alkanes of at least 4 members (excludes halogenated alkanes) is 16. The van der Waals surface area contributed by atoms with E-state index in [-0.39, 0.29) is 30.5 Å². The molecule has 0 spiro atoms. The summed E-state index contributed by atoms with van der Waals surface area (Å²) in [5.74, 6) is -1.32. The molecule has 284 valence electrons. The van der Waals surface area contributed by atoms with Crippen LogP contribution in [0.5, 0.6) is 0 Å². The van der Waals surface area contributed by atoms with Gasteiger partial charge in [-0.15, -0.1) is 0 Å². The highest BCUT2D eigenvalue weighted by Crippen LogP contribution is 2.48. The Morgan fingerprint density at radius 1 is 0.688 bits per heavy atom. The smallest absolute Gasteiger partial charge is 0.305 e. The Hall–Kier alpha value is -1.06. The van der Waals surface area contributed by atoms with Crippen molar-refractivity contribution in [2.24, 2.45) is 0 Å². The number of rotatable bonds is 34. The first kappa shape index (κ1) is 46.9. The fourth-order valence-corrected chi connectivity index (χ4v) is 7.79. The second-order valence-electron chi connectivity index (χ2n) is 14.0. The van der Waals surface area contributed by atoms with Crippen LogP contribution in [-0.2, 0) is 18.6 Å². The number of ether oxygens (including phenoxy) is 1. The van der Waals surface area contributed by atoms with E-state index < -0.39 is 38.3 Å². The Balaban J connectivity index is 3.81. The van der Waals surface area contributed by atoms with Crippen LogP contribution in [0.15, 0.2) is 24.3 Å². The van der Waals surface area contributed by atoms with Crippen LogP contribution in [0, 0.1) is 0 Å². The minimum atomic E-state index is -4.40. The summed E-state index contributed by atoms with van der Waals surface area (Å²) >= 11 is 0. The van der Waals surface area contributed by atoms with E-state index in [9.17, 15) is 29.6 Å². The van der Waals surface area contributed by atoms with Crippen LogP contribution in [0.2, 0.25) is 0 Å². The van der Waals surface area contributed by atoms with Gasteiger partial charge in [-0.1, -0.05) is 102 Å². The van der Waals surface area contributed by atoms with Crippen molar-refractivity contribution in [1.82, 2.24) is 0 Å². The Kier molecular flexibility index (Phi) is 30.1. The van der Waals surface area contributed by atoms with Crippen molar-refractivity contribution in [2.75, 3.05) is 33.9 Å². The molecule has 0 aromatic rings. The van der Waals surface area contributed by atoms with Crippen molar-refractivity contribution in [3.8, 4) is 0 Å². The number of esters is 1. The van der Waals surface area contributed by atoms with E-state index in [1.807, 2.05) is 6.92 Å². The van der Waals surface area contributed by atoms with Gasteiger partial charge in [-0.3, -0.25) is 4.79 Å². The number of aliphatic hydroxyl groups is 3. The van der Waals surface area contributed by atoms with Crippen LogP contribution in [0.4, 0.5) is 0 Å². The first-order valence-corrected chi connectivity index (χ1v) is 20.8. The summed E-state index contributed by atoms with van der Waals surface area (Å²) < 4.78 is 23.2. The molecule has 0 aromatic carbocycles. The van der Waals surface area contributed by atoms with E-state index in [1.54, 1.807) is 14.1 Å². The third-order valence-corrected chi connectivity index (χ3v) is 11.0. The maximum atomic E-state index is 12.9. The normalized spacial score (nSPS) is 15.0. The second-order valence-corrected chi connectivity index (χ2v) is 15.9. The average Bonchev–Trinajstić information content (AvgIpc) is 3.04. The summed E-state index contributed by atoms with van der Waals surface area (Å²) in [6, 6.07) is 0. The minimum Gasteiger partial charge on any atom is -0.774 e. The minimum absolute atomic E-state index is 0.00460. The molecule has 0 bridgehead atoms. The molecule has 3 N–H and O–H groups in total. The quantitative estimate of drug-likeness (QED) is 0.0152. The van der Waals surface area contributed by atoms with Gasteiger partial charge in [0.05, 0.1) is 27.2 Å². The van der Waals surface area contributed by atoms with Gasteiger partial charge in [-0.05, 0) is 64.2 Å². The predicted octanol–water partition coefficient (Wildman–Crippen LogP) is 8.30. The zero-order chi connectivity index (χ0) is 35.9. The lowest BCUT2D eigenvalue weighted by Crippen LogP contribution is -2.51. The van der Waals surface area contributed by atoms with Crippen LogP contribution < -0.4 is 4.89 Å². The van der Waals surface area contributed by atoms with Crippen molar-refractivity contribution in [3.63, 3.8) is 0 Å². The molecular weight excluding hydrogens is 629 g/mol. The van der Waals surface area contributed by atoms with E-state index in [2.05, 4.69) is 31.2 Å². The van der Waals surface area contributed by atoms with Gasteiger partial charge < -0.3 is 38.5 Å². The Labute approximate surface area is 294 Å². The van der Waals surface area contributed by atoms with Crippen molar-refractivity contribution in [1.29, 1.82) is 0 Å². The SMILES string of the molecule is CCCCCCC/C=C\CCCCCCCCCC/C=C\CCCCC(=O)OC[C@@H](O)COP(=O)([O-])C(CCC)[N+](C)(C)CCC(O)O. The number of aliphatic hydroxyl groups excluding tert-OH is 2. The molecule has 9 nitrogen and oxygen atoms in total.